The summed E-state index contributed by atoms with van der Waals surface area (Å²) in [6.07, 6.45) is 7.41. The molecule has 2 aromatic heterocycles. The lowest BCUT2D eigenvalue weighted by atomic mass is 9.91. The van der Waals surface area contributed by atoms with Crippen LogP contribution in [0.1, 0.15) is 17.5 Å². The van der Waals surface area contributed by atoms with Crippen LogP contribution in [0, 0.1) is 0 Å². The van der Waals surface area contributed by atoms with Crippen molar-refractivity contribution < 1.29 is 9.90 Å². The summed E-state index contributed by atoms with van der Waals surface area (Å²) in [5.41, 5.74) is 4.24. The number of amides is 1. The van der Waals surface area contributed by atoms with E-state index in [9.17, 15) is 9.90 Å². The number of benzene rings is 1. The molecule has 0 bridgehead atoms. The first-order valence-corrected chi connectivity index (χ1v) is 11.4. The topological polar surface area (TPSA) is 69.6 Å². The lowest BCUT2D eigenvalue weighted by molar-refractivity contribution is -0.126. The van der Waals surface area contributed by atoms with E-state index < -0.39 is 0 Å². The summed E-state index contributed by atoms with van der Waals surface area (Å²) < 4.78 is 4.58. The van der Waals surface area contributed by atoms with Crippen LogP contribution in [0.4, 0.5) is 5.00 Å². The maximum absolute atomic E-state index is 11.8. The molecule has 0 saturated carbocycles. The van der Waals surface area contributed by atoms with Crippen LogP contribution in [-0.2, 0) is 11.2 Å². The maximum atomic E-state index is 11.8. The Balaban J connectivity index is 1.51. The number of aromatic nitrogens is 2. The van der Waals surface area contributed by atoms with E-state index in [1.165, 1.54) is 17.6 Å². The van der Waals surface area contributed by atoms with Crippen LogP contribution in [0.25, 0.3) is 28.4 Å². The molecule has 3 heterocycles. The van der Waals surface area contributed by atoms with E-state index in [0.29, 0.717) is 29.5 Å². The Bertz CT molecular complexity index is 1230. The summed E-state index contributed by atoms with van der Waals surface area (Å²) in [6.45, 7) is 6.30. The van der Waals surface area contributed by atoms with Crippen molar-refractivity contribution in [1.82, 2.24) is 14.3 Å². The monoisotopic (exact) mass is 452 g/mol. The van der Waals surface area contributed by atoms with Crippen molar-refractivity contribution in [2.24, 2.45) is 0 Å². The molecule has 1 aromatic carbocycles. The quantitative estimate of drug-likeness (QED) is 0.592. The van der Waals surface area contributed by atoms with Gasteiger partial charge in [-0.25, -0.2) is 4.98 Å². The zero-order valence-corrected chi connectivity index (χ0v) is 18.4. The highest BCUT2D eigenvalue weighted by Gasteiger charge is 2.24. The summed E-state index contributed by atoms with van der Waals surface area (Å²) in [7, 11) is 0. The van der Waals surface area contributed by atoms with E-state index >= 15 is 0 Å². The maximum Gasteiger partial charge on any atom is 0.246 e. The van der Waals surface area contributed by atoms with Crippen LogP contribution in [-0.4, -0.2) is 51.5 Å². The molecular formula is C23H21ClN4O2S. The van der Waals surface area contributed by atoms with E-state index in [4.69, 9.17) is 16.6 Å². The normalized spacial score (nSPS) is 15.9. The van der Waals surface area contributed by atoms with Crippen LogP contribution < -0.4 is 4.90 Å². The van der Waals surface area contributed by atoms with Gasteiger partial charge in [0.2, 0.25) is 5.91 Å². The number of halogens is 1. The average Bonchev–Trinajstić information content (AvgIpc) is 3.20. The Morgan fingerprint density at radius 3 is 2.81 bits per heavy atom. The van der Waals surface area contributed by atoms with Crippen molar-refractivity contribution >= 4 is 51.2 Å². The van der Waals surface area contributed by atoms with E-state index in [0.717, 1.165) is 53.0 Å². The fourth-order valence-corrected chi connectivity index (χ4v) is 5.37. The number of phenolic OH excluding ortho intramolecular Hbond substituents is 1. The second-order valence-electron chi connectivity index (χ2n) is 7.70. The Kier molecular flexibility index (Phi) is 5.16. The fourth-order valence-electron chi connectivity index (χ4n) is 4.25. The Morgan fingerprint density at radius 1 is 1.23 bits per heavy atom. The van der Waals surface area contributed by atoms with Crippen molar-refractivity contribution in [2.45, 2.75) is 12.8 Å². The third kappa shape index (κ3) is 3.58. The number of hydrogen-bond acceptors (Lipinski definition) is 6. The number of aryl methyl sites for hydroxylation is 1. The zero-order chi connectivity index (χ0) is 21.5. The molecule has 1 aliphatic carbocycles. The third-order valence-corrected chi connectivity index (χ3v) is 7.03. The standard InChI is InChI=1S/C23H21ClN4O2S/c1-2-20(30)27-7-9-28(10-8-27)23-18-13-19(24)21(25-22(18)26-31-23)17-12-15(29)11-14-5-3-4-6-16(14)17/h2,4,6,11-13,29H,1,3,5,7-10H2. The number of anilines is 1. The summed E-state index contributed by atoms with van der Waals surface area (Å²) in [5, 5.41) is 12.7. The zero-order valence-electron chi connectivity index (χ0n) is 16.8. The molecule has 1 amide bonds. The number of fused-ring (bicyclic) bond motifs is 2. The first-order chi connectivity index (χ1) is 15.0. The summed E-state index contributed by atoms with van der Waals surface area (Å²) in [5.74, 6) is 0.180. The smallest absolute Gasteiger partial charge is 0.246 e. The average molecular weight is 453 g/mol. The Labute approximate surface area is 189 Å². The second kappa shape index (κ2) is 7.98. The minimum absolute atomic E-state index is 0.0355. The van der Waals surface area contributed by atoms with Gasteiger partial charge in [-0.15, -0.1) is 0 Å². The molecule has 3 aromatic rings. The third-order valence-electron chi connectivity index (χ3n) is 5.83. The highest BCUT2D eigenvalue weighted by molar-refractivity contribution is 7.11. The number of rotatable bonds is 3. The van der Waals surface area contributed by atoms with Crippen molar-refractivity contribution in [1.29, 1.82) is 0 Å². The molecule has 0 atom stereocenters. The first-order valence-electron chi connectivity index (χ1n) is 10.2. The number of phenols is 1. The molecule has 8 heteroatoms. The van der Waals surface area contributed by atoms with Gasteiger partial charge in [0.25, 0.3) is 0 Å². The molecule has 1 aliphatic heterocycles. The van der Waals surface area contributed by atoms with Gasteiger partial charge < -0.3 is 14.9 Å². The minimum atomic E-state index is -0.0355. The van der Waals surface area contributed by atoms with Crippen molar-refractivity contribution in [3.05, 3.63) is 53.1 Å². The van der Waals surface area contributed by atoms with Gasteiger partial charge in [-0.05, 0) is 59.8 Å². The van der Waals surface area contributed by atoms with Gasteiger partial charge in [0.15, 0.2) is 5.65 Å². The Hall–Kier alpha value is -2.90. The molecule has 1 saturated heterocycles. The molecule has 158 valence electrons. The van der Waals surface area contributed by atoms with Crippen LogP contribution in [0.15, 0.2) is 36.9 Å². The molecule has 5 rings (SSSR count). The number of nitrogens with zero attached hydrogens (tertiary/aromatic N) is 4. The van der Waals surface area contributed by atoms with E-state index in [1.807, 2.05) is 12.1 Å². The molecule has 1 N–H and O–H groups in total. The van der Waals surface area contributed by atoms with E-state index in [2.05, 4.69) is 28.0 Å². The summed E-state index contributed by atoms with van der Waals surface area (Å²) in [4.78, 5) is 20.7. The summed E-state index contributed by atoms with van der Waals surface area (Å²) in [6, 6.07) is 5.45. The van der Waals surface area contributed by atoms with Gasteiger partial charge in [0.1, 0.15) is 10.8 Å². The molecule has 0 radical (unpaired) electrons. The molecule has 0 spiro atoms. The lowest BCUT2D eigenvalue weighted by Gasteiger charge is -2.34. The van der Waals surface area contributed by atoms with Crippen LogP contribution in [0.2, 0.25) is 5.02 Å². The Morgan fingerprint density at radius 2 is 2.03 bits per heavy atom. The highest BCUT2D eigenvalue weighted by atomic mass is 35.5. The number of pyridine rings is 1. The number of carbonyl (C=O) groups excluding carboxylic acids is 1. The number of carbonyl (C=O) groups is 1. The van der Waals surface area contributed by atoms with Gasteiger partial charge in [0.05, 0.1) is 16.1 Å². The predicted molar refractivity (Wildman–Crippen MR) is 126 cm³/mol. The summed E-state index contributed by atoms with van der Waals surface area (Å²) >= 11 is 8.11. The van der Waals surface area contributed by atoms with Crippen LogP contribution in [0.5, 0.6) is 5.75 Å². The molecule has 0 unspecified atom stereocenters. The van der Waals surface area contributed by atoms with Gasteiger partial charge in [-0.1, -0.05) is 30.3 Å². The van der Waals surface area contributed by atoms with Gasteiger partial charge in [-0.3, -0.25) is 4.79 Å². The first kappa shape index (κ1) is 20.0. The molecule has 1 fully saturated rings. The molecular weight excluding hydrogens is 432 g/mol. The highest BCUT2D eigenvalue weighted by Crippen LogP contribution is 2.40. The van der Waals surface area contributed by atoms with E-state index in [1.54, 1.807) is 11.0 Å². The minimum Gasteiger partial charge on any atom is -0.508 e. The number of allylic oxidation sites excluding steroid dienone is 1. The van der Waals surface area contributed by atoms with E-state index in [-0.39, 0.29) is 11.7 Å². The SMILES string of the molecule is C=CC(=O)N1CCN(c2snc3nc(-c4cc(O)cc5c4C=CCC5)c(Cl)cc23)CC1. The van der Waals surface area contributed by atoms with Gasteiger partial charge in [-0.2, -0.15) is 4.37 Å². The number of hydrogen-bond donors (Lipinski definition) is 1. The van der Waals surface area contributed by atoms with Crippen molar-refractivity contribution in [3.63, 3.8) is 0 Å². The van der Waals surface area contributed by atoms with Crippen LogP contribution >= 0.6 is 23.1 Å². The van der Waals surface area contributed by atoms with Crippen LogP contribution in [0.3, 0.4) is 0 Å². The van der Waals surface area contributed by atoms with Crippen molar-refractivity contribution in [3.8, 4) is 17.0 Å². The number of aromatic hydroxyl groups is 1. The van der Waals surface area contributed by atoms with Crippen molar-refractivity contribution in [2.75, 3.05) is 31.1 Å². The predicted octanol–water partition coefficient (Wildman–Crippen LogP) is 4.51. The second-order valence-corrected chi connectivity index (χ2v) is 8.86. The largest absolute Gasteiger partial charge is 0.508 e. The fraction of sp³-hybridized carbons (Fsp3) is 0.261. The molecule has 31 heavy (non-hydrogen) atoms. The van der Waals surface area contributed by atoms with Gasteiger partial charge in [0, 0.05) is 31.7 Å². The molecule has 6 nitrogen and oxygen atoms in total. The lowest BCUT2D eigenvalue weighted by Crippen LogP contribution is -2.48. The number of piperazine rings is 1. The van der Waals surface area contributed by atoms with Gasteiger partial charge >= 0.3 is 0 Å². The molecule has 2 aliphatic rings.